The van der Waals surface area contributed by atoms with E-state index in [0.29, 0.717) is 0 Å². The van der Waals surface area contributed by atoms with Crippen LogP contribution in [0, 0.1) is 17.3 Å². The molecule has 0 spiro atoms. The van der Waals surface area contributed by atoms with Gasteiger partial charge in [-0.05, 0) is 32.4 Å². The summed E-state index contributed by atoms with van der Waals surface area (Å²) < 4.78 is 0. The zero-order valence-corrected chi connectivity index (χ0v) is 11.6. The number of hydrogen-bond donors (Lipinski definition) is 1. The lowest BCUT2D eigenvalue weighted by Crippen LogP contribution is -2.08. The maximum atomic E-state index is 11.1. The van der Waals surface area contributed by atoms with Crippen molar-refractivity contribution in [2.75, 3.05) is 5.32 Å². The van der Waals surface area contributed by atoms with E-state index < -0.39 is 0 Å². The van der Waals surface area contributed by atoms with Crippen LogP contribution >= 0.6 is 0 Å². The third kappa shape index (κ3) is 4.63. The molecule has 0 heterocycles. The van der Waals surface area contributed by atoms with E-state index in [0.717, 1.165) is 24.1 Å². The van der Waals surface area contributed by atoms with Gasteiger partial charge in [0.05, 0.1) is 5.69 Å². The Morgan fingerprint density at radius 3 is 2.61 bits per heavy atom. The maximum absolute atomic E-state index is 11.1. The summed E-state index contributed by atoms with van der Waals surface area (Å²) in [6, 6.07) is 7.63. The Kier molecular flexibility index (Phi) is 4.97. The van der Waals surface area contributed by atoms with Gasteiger partial charge in [-0.3, -0.25) is 4.79 Å². The molecule has 2 nitrogen and oxygen atoms in total. The fourth-order valence-corrected chi connectivity index (χ4v) is 1.81. The second kappa shape index (κ2) is 6.26. The van der Waals surface area contributed by atoms with Crippen molar-refractivity contribution in [2.45, 2.75) is 40.5 Å². The molecule has 0 aliphatic carbocycles. The number of amides is 1. The van der Waals surface area contributed by atoms with E-state index in [1.807, 2.05) is 24.3 Å². The average molecular weight is 243 g/mol. The summed E-state index contributed by atoms with van der Waals surface area (Å²) in [5.74, 6) is 6.40. The standard InChI is InChI=1S/C16H21NO/c1-5-11-16(3,4)12-10-14-8-6-7-9-15(14)17-13(2)18/h6-9H,5,11H2,1-4H3,(H,17,18). The van der Waals surface area contributed by atoms with Crippen LogP contribution in [0.5, 0.6) is 0 Å². The Labute approximate surface area is 110 Å². The highest BCUT2D eigenvalue weighted by Crippen LogP contribution is 2.21. The number of carbonyl (C=O) groups excluding carboxylic acids is 1. The highest BCUT2D eigenvalue weighted by Gasteiger charge is 2.12. The summed E-state index contributed by atoms with van der Waals surface area (Å²) >= 11 is 0. The molecule has 1 aromatic carbocycles. The van der Waals surface area contributed by atoms with Crippen LogP contribution in [0.25, 0.3) is 0 Å². The van der Waals surface area contributed by atoms with Crippen LogP contribution in [0.1, 0.15) is 46.1 Å². The highest BCUT2D eigenvalue weighted by atomic mass is 16.1. The quantitative estimate of drug-likeness (QED) is 0.803. The Morgan fingerprint density at radius 2 is 2.00 bits per heavy atom. The van der Waals surface area contributed by atoms with Gasteiger partial charge in [0.1, 0.15) is 0 Å². The summed E-state index contributed by atoms with van der Waals surface area (Å²) in [5, 5.41) is 2.80. The van der Waals surface area contributed by atoms with Gasteiger partial charge in [-0.15, -0.1) is 0 Å². The zero-order chi connectivity index (χ0) is 13.6. The lowest BCUT2D eigenvalue weighted by atomic mass is 9.88. The van der Waals surface area contributed by atoms with Crippen LogP contribution in [0.3, 0.4) is 0 Å². The minimum absolute atomic E-state index is 0.0120. The van der Waals surface area contributed by atoms with E-state index in [4.69, 9.17) is 0 Å². The van der Waals surface area contributed by atoms with Crippen molar-refractivity contribution in [2.24, 2.45) is 5.41 Å². The molecule has 1 aromatic rings. The van der Waals surface area contributed by atoms with E-state index in [-0.39, 0.29) is 11.3 Å². The molecule has 0 saturated carbocycles. The molecule has 1 N–H and O–H groups in total. The Hall–Kier alpha value is -1.75. The van der Waals surface area contributed by atoms with E-state index in [9.17, 15) is 4.79 Å². The molecule has 0 aliphatic rings. The zero-order valence-electron chi connectivity index (χ0n) is 11.6. The van der Waals surface area contributed by atoms with Crippen LogP contribution in [-0.4, -0.2) is 5.91 Å². The third-order valence-corrected chi connectivity index (χ3v) is 2.65. The average Bonchev–Trinajstić information content (AvgIpc) is 2.27. The van der Waals surface area contributed by atoms with Gasteiger partial charge in [0, 0.05) is 17.9 Å². The predicted octanol–water partition coefficient (Wildman–Crippen LogP) is 3.82. The molecule has 0 aromatic heterocycles. The second-order valence-corrected chi connectivity index (χ2v) is 5.11. The highest BCUT2D eigenvalue weighted by molar-refractivity contribution is 5.90. The summed E-state index contributed by atoms with van der Waals surface area (Å²) in [4.78, 5) is 11.1. The van der Waals surface area contributed by atoms with Crippen molar-refractivity contribution in [3.8, 4) is 11.8 Å². The minimum Gasteiger partial charge on any atom is -0.325 e. The van der Waals surface area contributed by atoms with E-state index in [1.54, 1.807) is 0 Å². The summed E-state index contributed by atoms with van der Waals surface area (Å²) in [5.41, 5.74) is 1.67. The van der Waals surface area contributed by atoms with Gasteiger partial charge in [-0.25, -0.2) is 0 Å². The fraction of sp³-hybridized carbons (Fsp3) is 0.438. The molecule has 0 radical (unpaired) electrons. The molecular formula is C16H21NO. The van der Waals surface area contributed by atoms with Crippen molar-refractivity contribution in [3.63, 3.8) is 0 Å². The van der Waals surface area contributed by atoms with Crippen molar-refractivity contribution < 1.29 is 4.79 Å². The van der Waals surface area contributed by atoms with Crippen molar-refractivity contribution in [1.82, 2.24) is 0 Å². The van der Waals surface area contributed by atoms with Gasteiger partial charge < -0.3 is 5.32 Å². The number of para-hydroxylation sites is 1. The largest absolute Gasteiger partial charge is 0.325 e. The van der Waals surface area contributed by atoms with Gasteiger partial charge in [-0.2, -0.15) is 0 Å². The van der Waals surface area contributed by atoms with Gasteiger partial charge in [0.2, 0.25) is 5.91 Å². The number of anilines is 1. The van der Waals surface area contributed by atoms with Gasteiger partial charge in [0.25, 0.3) is 0 Å². The molecular weight excluding hydrogens is 222 g/mol. The van der Waals surface area contributed by atoms with Crippen LogP contribution in [-0.2, 0) is 4.79 Å². The molecule has 0 unspecified atom stereocenters. The normalized spacial score (nSPS) is 10.4. The van der Waals surface area contributed by atoms with Crippen LogP contribution in [0.4, 0.5) is 5.69 Å². The first-order chi connectivity index (χ1) is 8.44. The SMILES string of the molecule is CCCC(C)(C)C#Cc1ccccc1NC(C)=O. The fourth-order valence-electron chi connectivity index (χ4n) is 1.81. The first kappa shape index (κ1) is 14.3. The molecule has 0 fully saturated rings. The second-order valence-electron chi connectivity index (χ2n) is 5.11. The Morgan fingerprint density at radius 1 is 1.33 bits per heavy atom. The molecule has 1 amide bonds. The van der Waals surface area contributed by atoms with Gasteiger partial charge >= 0.3 is 0 Å². The van der Waals surface area contributed by atoms with E-state index in [1.165, 1.54) is 6.92 Å². The smallest absolute Gasteiger partial charge is 0.221 e. The number of benzene rings is 1. The van der Waals surface area contributed by atoms with Crippen molar-refractivity contribution >= 4 is 11.6 Å². The maximum Gasteiger partial charge on any atom is 0.221 e. The van der Waals surface area contributed by atoms with E-state index in [2.05, 4.69) is 37.9 Å². The summed E-state index contributed by atoms with van der Waals surface area (Å²) in [6.07, 6.45) is 2.19. The van der Waals surface area contributed by atoms with Crippen LogP contribution in [0.15, 0.2) is 24.3 Å². The summed E-state index contributed by atoms with van der Waals surface area (Å²) in [7, 11) is 0. The molecule has 0 atom stereocenters. The lowest BCUT2D eigenvalue weighted by molar-refractivity contribution is -0.114. The monoisotopic (exact) mass is 243 g/mol. The van der Waals surface area contributed by atoms with Crippen molar-refractivity contribution in [1.29, 1.82) is 0 Å². The molecule has 0 bridgehead atoms. The lowest BCUT2D eigenvalue weighted by Gasteiger charge is -2.15. The molecule has 96 valence electrons. The third-order valence-electron chi connectivity index (χ3n) is 2.65. The van der Waals surface area contributed by atoms with Gasteiger partial charge in [0.15, 0.2) is 0 Å². The predicted molar refractivity (Wildman–Crippen MR) is 76.3 cm³/mol. The molecule has 0 aliphatic heterocycles. The minimum atomic E-state index is -0.0722. The number of nitrogens with one attached hydrogen (secondary N) is 1. The number of rotatable bonds is 3. The topological polar surface area (TPSA) is 29.1 Å². The van der Waals surface area contributed by atoms with Crippen LogP contribution in [0.2, 0.25) is 0 Å². The molecule has 0 saturated heterocycles. The number of hydrogen-bond acceptors (Lipinski definition) is 1. The summed E-state index contributed by atoms with van der Waals surface area (Å²) in [6.45, 7) is 7.95. The molecule has 1 rings (SSSR count). The molecule has 18 heavy (non-hydrogen) atoms. The molecule has 2 heteroatoms. The Balaban J connectivity index is 2.97. The first-order valence-electron chi connectivity index (χ1n) is 6.34. The van der Waals surface area contributed by atoms with Crippen LogP contribution < -0.4 is 5.32 Å². The van der Waals surface area contributed by atoms with E-state index >= 15 is 0 Å². The number of carbonyl (C=O) groups is 1. The van der Waals surface area contributed by atoms with Crippen molar-refractivity contribution in [3.05, 3.63) is 29.8 Å². The van der Waals surface area contributed by atoms with Gasteiger partial charge in [-0.1, -0.05) is 37.3 Å². The first-order valence-corrected chi connectivity index (χ1v) is 6.34. The Bertz CT molecular complexity index is 477.